The van der Waals surface area contributed by atoms with Crippen LogP contribution in [0.2, 0.25) is 5.02 Å². The molecular formula is C20H19ClN8OS. The standard InChI is InChI=1S/C20H19ClN8OS/c1-2-13-15(21)14-16(26-13)27-19(31-10-3-9(4-22)5-25-6-10)28-17(14)29-7-11-12(8-29)20(11,24)18(23)30/h3,5-6,11-12H,2,7-8,24H2,1H3,(H2,23,30)(H,26,27,28). The first-order valence-corrected chi connectivity index (χ1v) is 11.0. The van der Waals surface area contributed by atoms with Gasteiger partial charge in [0, 0.05) is 47.9 Å². The van der Waals surface area contributed by atoms with E-state index in [0.717, 1.165) is 22.4 Å². The van der Waals surface area contributed by atoms with Crippen molar-refractivity contribution in [2.24, 2.45) is 23.3 Å². The lowest BCUT2D eigenvalue weighted by atomic mass is 10.1. The fraction of sp³-hybridized carbons (Fsp3) is 0.350. The Morgan fingerprint density at radius 1 is 1.42 bits per heavy atom. The van der Waals surface area contributed by atoms with Gasteiger partial charge in [-0.3, -0.25) is 9.78 Å². The van der Waals surface area contributed by atoms with Gasteiger partial charge >= 0.3 is 0 Å². The van der Waals surface area contributed by atoms with Crippen molar-refractivity contribution < 1.29 is 4.79 Å². The first kappa shape index (κ1) is 20.1. The van der Waals surface area contributed by atoms with Gasteiger partial charge in [-0.15, -0.1) is 0 Å². The van der Waals surface area contributed by atoms with Crippen LogP contribution in [-0.4, -0.2) is 44.5 Å². The predicted octanol–water partition coefficient (Wildman–Crippen LogP) is 1.84. The zero-order valence-electron chi connectivity index (χ0n) is 16.6. The predicted molar refractivity (Wildman–Crippen MR) is 117 cm³/mol. The molecule has 9 nitrogen and oxygen atoms in total. The van der Waals surface area contributed by atoms with Gasteiger partial charge in [-0.05, 0) is 24.2 Å². The van der Waals surface area contributed by atoms with E-state index < -0.39 is 11.4 Å². The number of nitrogens with zero attached hydrogens (tertiary/aromatic N) is 5. The molecule has 3 aromatic rings. The van der Waals surface area contributed by atoms with Gasteiger partial charge in [0.2, 0.25) is 5.91 Å². The number of nitrogens with two attached hydrogens (primary N) is 2. The lowest BCUT2D eigenvalue weighted by Gasteiger charge is -2.24. The molecule has 3 aromatic heterocycles. The van der Waals surface area contributed by atoms with Gasteiger partial charge in [-0.25, -0.2) is 9.97 Å². The van der Waals surface area contributed by atoms with Gasteiger partial charge in [0.25, 0.3) is 0 Å². The molecule has 2 atom stereocenters. The van der Waals surface area contributed by atoms with Crippen molar-refractivity contribution in [1.29, 1.82) is 5.26 Å². The third-order valence-corrected chi connectivity index (χ3v) is 7.43. The van der Waals surface area contributed by atoms with E-state index in [4.69, 9.17) is 33.3 Å². The molecule has 0 bridgehead atoms. The molecule has 1 aliphatic carbocycles. The van der Waals surface area contributed by atoms with Crippen LogP contribution in [0.1, 0.15) is 18.2 Å². The Kier molecular flexibility index (Phi) is 4.58. The molecule has 1 amide bonds. The Bertz CT molecular complexity index is 1260. The molecule has 2 fully saturated rings. The van der Waals surface area contributed by atoms with Crippen molar-refractivity contribution in [3.63, 3.8) is 0 Å². The Morgan fingerprint density at radius 3 is 2.81 bits per heavy atom. The number of aromatic nitrogens is 4. The number of hydrogen-bond donors (Lipinski definition) is 3. The van der Waals surface area contributed by atoms with Crippen LogP contribution < -0.4 is 16.4 Å². The minimum atomic E-state index is -0.930. The minimum absolute atomic E-state index is 0.00555. The van der Waals surface area contributed by atoms with E-state index in [1.807, 2.05) is 6.92 Å². The molecule has 0 radical (unpaired) electrons. The fourth-order valence-corrected chi connectivity index (χ4v) is 5.57. The van der Waals surface area contributed by atoms with Crippen LogP contribution in [-0.2, 0) is 11.2 Å². The van der Waals surface area contributed by atoms with Gasteiger partial charge < -0.3 is 21.4 Å². The van der Waals surface area contributed by atoms with E-state index in [1.165, 1.54) is 18.0 Å². The number of nitrogens with one attached hydrogen (secondary N) is 1. The number of halogens is 1. The highest BCUT2D eigenvalue weighted by Crippen LogP contribution is 2.54. The molecule has 2 aliphatic rings. The quantitative estimate of drug-likeness (QED) is 0.494. The number of carbonyl (C=O) groups excluding carboxylic acids is 1. The number of anilines is 1. The second kappa shape index (κ2) is 7.09. The molecule has 158 valence electrons. The number of aryl methyl sites for hydroxylation is 1. The van der Waals surface area contributed by atoms with Crippen molar-refractivity contribution in [2.45, 2.75) is 28.9 Å². The molecule has 31 heavy (non-hydrogen) atoms. The Labute approximate surface area is 187 Å². The number of rotatable bonds is 5. The van der Waals surface area contributed by atoms with Crippen molar-refractivity contribution in [1.82, 2.24) is 19.9 Å². The van der Waals surface area contributed by atoms with E-state index in [9.17, 15) is 4.79 Å². The second-order valence-corrected chi connectivity index (χ2v) is 9.28. The number of carbonyl (C=O) groups is 1. The van der Waals surface area contributed by atoms with Crippen molar-refractivity contribution in [3.05, 3.63) is 34.7 Å². The van der Waals surface area contributed by atoms with Crippen LogP contribution in [0.15, 0.2) is 28.5 Å². The lowest BCUT2D eigenvalue weighted by Crippen LogP contribution is -2.47. The van der Waals surface area contributed by atoms with Crippen molar-refractivity contribution >= 4 is 46.1 Å². The number of primary amides is 1. The summed E-state index contributed by atoms with van der Waals surface area (Å²) in [7, 11) is 0. The molecule has 2 unspecified atom stereocenters. The highest BCUT2D eigenvalue weighted by molar-refractivity contribution is 7.99. The zero-order valence-corrected chi connectivity index (χ0v) is 18.2. The van der Waals surface area contributed by atoms with Crippen molar-refractivity contribution in [3.8, 4) is 6.07 Å². The molecule has 1 saturated heterocycles. The van der Waals surface area contributed by atoms with Crippen LogP contribution in [0, 0.1) is 23.2 Å². The molecule has 11 heteroatoms. The molecule has 5 N–H and O–H groups in total. The summed E-state index contributed by atoms with van der Waals surface area (Å²) in [6.07, 6.45) is 3.90. The zero-order chi connectivity index (χ0) is 21.9. The maximum absolute atomic E-state index is 11.8. The van der Waals surface area contributed by atoms with E-state index >= 15 is 0 Å². The normalized spacial score (nSPS) is 24.3. The van der Waals surface area contributed by atoms with Gasteiger partial charge in [0.05, 0.1) is 16.0 Å². The summed E-state index contributed by atoms with van der Waals surface area (Å²) in [6.45, 7) is 3.17. The minimum Gasteiger partial charge on any atom is -0.368 e. The van der Waals surface area contributed by atoms with Gasteiger partial charge in [0.1, 0.15) is 23.1 Å². The summed E-state index contributed by atoms with van der Waals surface area (Å²) < 4.78 is 0. The first-order chi connectivity index (χ1) is 14.9. The highest BCUT2D eigenvalue weighted by Gasteiger charge is 2.70. The molecule has 0 spiro atoms. The van der Waals surface area contributed by atoms with E-state index in [0.29, 0.717) is 40.3 Å². The second-order valence-electron chi connectivity index (χ2n) is 7.86. The smallest absolute Gasteiger partial charge is 0.238 e. The Morgan fingerprint density at radius 2 is 2.16 bits per heavy atom. The van der Waals surface area contributed by atoms with E-state index in [2.05, 4.69) is 25.9 Å². The number of fused-ring (bicyclic) bond motifs is 2. The number of piperidine rings is 1. The maximum atomic E-state index is 11.8. The summed E-state index contributed by atoms with van der Waals surface area (Å²) in [5.74, 6) is 0.262. The molecule has 4 heterocycles. The fourth-order valence-electron chi connectivity index (χ4n) is 4.44. The Balaban J connectivity index is 1.54. The topological polar surface area (TPSA) is 151 Å². The number of pyridine rings is 1. The average Bonchev–Trinajstić information content (AvgIpc) is 3.09. The lowest BCUT2D eigenvalue weighted by molar-refractivity contribution is -0.120. The summed E-state index contributed by atoms with van der Waals surface area (Å²) in [6, 6.07) is 3.83. The summed E-state index contributed by atoms with van der Waals surface area (Å²) in [5.41, 5.74) is 12.8. The molecule has 5 rings (SSSR count). The number of aromatic amines is 1. The van der Waals surface area contributed by atoms with Crippen LogP contribution in [0.4, 0.5) is 5.82 Å². The van der Waals surface area contributed by atoms with Gasteiger partial charge in [0.15, 0.2) is 5.16 Å². The van der Waals surface area contributed by atoms with Crippen LogP contribution in [0.5, 0.6) is 0 Å². The number of nitriles is 1. The Hall–Kier alpha value is -2.87. The highest BCUT2D eigenvalue weighted by atomic mass is 35.5. The van der Waals surface area contributed by atoms with E-state index in [-0.39, 0.29) is 11.8 Å². The van der Waals surface area contributed by atoms with Crippen molar-refractivity contribution in [2.75, 3.05) is 18.0 Å². The molecule has 0 aromatic carbocycles. The summed E-state index contributed by atoms with van der Waals surface area (Å²) in [4.78, 5) is 31.4. The average molecular weight is 455 g/mol. The number of H-pyrrole nitrogens is 1. The van der Waals surface area contributed by atoms with E-state index in [1.54, 1.807) is 12.3 Å². The third-order valence-electron chi connectivity index (χ3n) is 6.19. The first-order valence-electron chi connectivity index (χ1n) is 9.81. The van der Waals surface area contributed by atoms with Gasteiger partial charge in [-0.2, -0.15) is 5.26 Å². The monoisotopic (exact) mass is 454 g/mol. The number of hydrogen-bond acceptors (Lipinski definition) is 8. The maximum Gasteiger partial charge on any atom is 0.238 e. The summed E-state index contributed by atoms with van der Waals surface area (Å²) >= 11 is 7.98. The SMILES string of the molecule is CCc1[nH]c2nc(Sc3cncc(C#N)c3)nc(N3CC4C(C3)C4(N)C(N)=O)c2c1Cl. The molecular weight excluding hydrogens is 436 g/mol. The third kappa shape index (κ3) is 3.04. The summed E-state index contributed by atoms with van der Waals surface area (Å²) in [5, 5.41) is 11.0. The van der Waals surface area contributed by atoms with Crippen LogP contribution in [0.3, 0.4) is 0 Å². The largest absolute Gasteiger partial charge is 0.368 e. The number of amides is 1. The van der Waals surface area contributed by atoms with Gasteiger partial charge in [-0.1, -0.05) is 18.5 Å². The van der Waals surface area contributed by atoms with Crippen LogP contribution in [0.25, 0.3) is 11.0 Å². The molecule has 1 saturated carbocycles. The van der Waals surface area contributed by atoms with Crippen LogP contribution >= 0.6 is 23.4 Å². The molecule has 1 aliphatic heterocycles.